The Kier molecular flexibility index (Phi) is 6.39. The Hall–Kier alpha value is -2.96. The number of carbonyl (C=O) groups is 3. The minimum absolute atomic E-state index is 0.0238. The summed E-state index contributed by atoms with van der Waals surface area (Å²) in [5, 5.41) is 20.3. The third kappa shape index (κ3) is 4.15. The molecule has 162 valence electrons. The van der Waals surface area contributed by atoms with Crippen molar-refractivity contribution in [2.24, 2.45) is 34.2 Å². The largest absolute Gasteiger partial charge is 0.477 e. The van der Waals surface area contributed by atoms with E-state index in [0.717, 1.165) is 0 Å². The van der Waals surface area contributed by atoms with E-state index in [1.54, 1.807) is 0 Å². The van der Waals surface area contributed by atoms with Crippen molar-refractivity contribution < 1.29 is 19.5 Å². The molecule has 12 nitrogen and oxygen atoms in total. The molecule has 3 heterocycles. The Morgan fingerprint density at radius 1 is 1.40 bits per heavy atom. The molecule has 0 spiro atoms. The maximum Gasteiger partial charge on any atom is 0.353 e. The number of hydrogen-bond donors (Lipinski definition) is 3. The van der Waals surface area contributed by atoms with Gasteiger partial charge in [-0.3, -0.25) is 14.6 Å². The summed E-state index contributed by atoms with van der Waals surface area (Å²) in [6, 6.07) is -0.273. The lowest BCUT2D eigenvalue weighted by atomic mass is 9.73. The van der Waals surface area contributed by atoms with Crippen molar-refractivity contribution in [3.63, 3.8) is 0 Å². The van der Waals surface area contributed by atoms with Gasteiger partial charge in [0.05, 0.1) is 18.5 Å². The Morgan fingerprint density at radius 3 is 2.73 bits per heavy atom. The number of thioether (sulfide) groups is 1. The third-order valence-electron chi connectivity index (χ3n) is 5.33. The van der Waals surface area contributed by atoms with Crippen LogP contribution in [0.1, 0.15) is 20.3 Å². The molecule has 5 N–H and O–H groups in total. The van der Waals surface area contributed by atoms with Gasteiger partial charge in [0.15, 0.2) is 11.7 Å². The van der Waals surface area contributed by atoms with Crippen LogP contribution in [0.5, 0.6) is 0 Å². The van der Waals surface area contributed by atoms with E-state index in [-0.39, 0.29) is 54.2 Å². The topological polar surface area (TPSA) is 183 Å². The van der Waals surface area contributed by atoms with Gasteiger partial charge in [-0.1, -0.05) is 13.8 Å². The highest BCUT2D eigenvalue weighted by atomic mass is 32.2. The number of fused-ring (bicyclic) bond motifs is 1. The fourth-order valence-corrected chi connectivity index (χ4v) is 5.25. The standard InChI is InChI=1S/C17H24N8O4S/c1-8(5-10(26)6-24-7-21-22-23-24)11-12-9(2)14(30-4-3-20-17(18)19)13(16(28)29)25(12)15(11)27/h7-9,11-12H,3-6H2,1-2H3,(H,28,29)(H4,18,19,20)/t8-,9+,11+,12+/m0/s1. The average molecular weight is 436 g/mol. The predicted molar refractivity (Wildman–Crippen MR) is 108 cm³/mol. The van der Waals surface area contributed by atoms with Crippen molar-refractivity contribution in [3.8, 4) is 0 Å². The molecule has 0 bridgehead atoms. The van der Waals surface area contributed by atoms with Crippen LogP contribution in [-0.2, 0) is 20.9 Å². The summed E-state index contributed by atoms with van der Waals surface area (Å²) in [6.07, 6.45) is 1.54. The molecular formula is C17H24N8O4S. The highest BCUT2D eigenvalue weighted by Gasteiger charge is 2.59. The van der Waals surface area contributed by atoms with E-state index in [1.807, 2.05) is 13.8 Å². The molecular weight excluding hydrogens is 412 g/mol. The van der Waals surface area contributed by atoms with Crippen molar-refractivity contribution >= 4 is 35.4 Å². The zero-order valence-corrected chi connectivity index (χ0v) is 17.4. The van der Waals surface area contributed by atoms with Gasteiger partial charge in [-0.2, -0.15) is 0 Å². The first-order valence-corrected chi connectivity index (χ1v) is 10.4. The van der Waals surface area contributed by atoms with E-state index in [9.17, 15) is 19.5 Å². The SMILES string of the molecule is C[C@@H](CC(=O)Cn1cnnn1)[C@H]1C(=O)N2C(C(=O)O)=C(SCCN=C(N)N)[C@H](C)[C@H]12. The molecule has 1 fully saturated rings. The summed E-state index contributed by atoms with van der Waals surface area (Å²) < 4.78 is 1.33. The molecule has 2 aliphatic heterocycles. The molecule has 30 heavy (non-hydrogen) atoms. The molecule has 0 saturated carbocycles. The number of Topliss-reactive ketones (excluding diaryl/α,β-unsaturated/α-hetero) is 1. The van der Waals surface area contributed by atoms with Crippen LogP contribution in [-0.4, -0.2) is 72.2 Å². The second-order valence-corrected chi connectivity index (χ2v) is 8.55. The Bertz CT molecular complexity index is 896. The Labute approximate surface area is 176 Å². The number of nitrogens with zero attached hydrogens (tertiary/aromatic N) is 6. The van der Waals surface area contributed by atoms with Gasteiger partial charge in [0.1, 0.15) is 18.6 Å². The second kappa shape index (κ2) is 8.81. The number of amides is 1. The van der Waals surface area contributed by atoms with Crippen molar-refractivity contribution in [2.75, 3.05) is 12.3 Å². The molecule has 13 heteroatoms. The predicted octanol–water partition coefficient (Wildman–Crippen LogP) is -0.952. The lowest BCUT2D eigenvalue weighted by Crippen LogP contribution is -2.62. The van der Waals surface area contributed by atoms with Crippen molar-refractivity contribution in [2.45, 2.75) is 32.9 Å². The zero-order valence-electron chi connectivity index (χ0n) is 16.6. The number of carboxylic acid groups (broad SMARTS) is 1. The first-order valence-electron chi connectivity index (χ1n) is 9.43. The van der Waals surface area contributed by atoms with E-state index in [2.05, 4.69) is 20.5 Å². The van der Waals surface area contributed by atoms with Crippen molar-refractivity contribution in [1.82, 2.24) is 25.1 Å². The number of carboxylic acids is 1. The zero-order chi connectivity index (χ0) is 22.0. The van der Waals surface area contributed by atoms with Gasteiger partial charge in [-0.05, 0) is 16.3 Å². The highest BCUT2D eigenvalue weighted by molar-refractivity contribution is 8.03. The molecule has 0 radical (unpaired) electrons. The fraction of sp³-hybridized carbons (Fsp3) is 0.588. The molecule has 1 aromatic heterocycles. The minimum Gasteiger partial charge on any atom is -0.477 e. The summed E-state index contributed by atoms with van der Waals surface area (Å²) in [5.41, 5.74) is 10.7. The number of rotatable bonds is 10. The number of tetrazole rings is 1. The van der Waals surface area contributed by atoms with E-state index in [1.165, 1.54) is 27.7 Å². The summed E-state index contributed by atoms with van der Waals surface area (Å²) in [6.45, 7) is 4.13. The van der Waals surface area contributed by atoms with Crippen LogP contribution in [0.3, 0.4) is 0 Å². The van der Waals surface area contributed by atoms with Gasteiger partial charge in [-0.15, -0.1) is 16.9 Å². The van der Waals surface area contributed by atoms with Crippen molar-refractivity contribution in [3.05, 3.63) is 16.9 Å². The van der Waals surface area contributed by atoms with Crippen LogP contribution in [0, 0.1) is 17.8 Å². The summed E-state index contributed by atoms with van der Waals surface area (Å²) in [7, 11) is 0. The van der Waals surface area contributed by atoms with Gasteiger partial charge in [-0.25, -0.2) is 9.48 Å². The number of aliphatic carboxylic acids is 1. The van der Waals surface area contributed by atoms with E-state index < -0.39 is 11.9 Å². The smallest absolute Gasteiger partial charge is 0.353 e. The number of β-lactam (4-membered cyclic amide) rings is 1. The number of nitrogens with two attached hydrogens (primary N) is 2. The normalized spacial score (nSPS) is 23.7. The molecule has 3 rings (SSSR count). The number of aliphatic imine (C=N–C) groups is 1. The van der Waals surface area contributed by atoms with Crippen LogP contribution in [0.15, 0.2) is 21.9 Å². The lowest BCUT2D eigenvalue weighted by Gasteiger charge is -2.47. The first-order chi connectivity index (χ1) is 14.2. The van der Waals surface area contributed by atoms with Gasteiger partial charge < -0.3 is 21.5 Å². The third-order valence-corrected chi connectivity index (χ3v) is 6.59. The van der Waals surface area contributed by atoms with Gasteiger partial charge >= 0.3 is 5.97 Å². The maximum absolute atomic E-state index is 12.8. The van der Waals surface area contributed by atoms with Gasteiger partial charge in [0.25, 0.3) is 0 Å². The molecule has 4 atom stereocenters. The highest BCUT2D eigenvalue weighted by Crippen LogP contribution is 2.51. The second-order valence-electron chi connectivity index (χ2n) is 7.41. The van der Waals surface area contributed by atoms with Crippen LogP contribution in [0.4, 0.5) is 0 Å². The average Bonchev–Trinajstić information content (AvgIpc) is 3.23. The monoisotopic (exact) mass is 436 g/mol. The molecule has 0 aliphatic carbocycles. The van der Waals surface area contributed by atoms with Crippen LogP contribution < -0.4 is 11.5 Å². The maximum atomic E-state index is 12.8. The number of carbonyl (C=O) groups excluding carboxylic acids is 2. The van der Waals surface area contributed by atoms with Crippen LogP contribution in [0.25, 0.3) is 0 Å². The van der Waals surface area contributed by atoms with Crippen molar-refractivity contribution in [1.29, 1.82) is 0 Å². The number of ketones is 1. The van der Waals surface area contributed by atoms with Gasteiger partial charge in [0.2, 0.25) is 5.91 Å². The Morgan fingerprint density at radius 2 is 2.13 bits per heavy atom. The number of guanidine groups is 1. The van der Waals surface area contributed by atoms with Crippen LogP contribution in [0.2, 0.25) is 0 Å². The summed E-state index contributed by atoms with van der Waals surface area (Å²) >= 11 is 1.34. The summed E-state index contributed by atoms with van der Waals surface area (Å²) in [5.74, 6) is -1.82. The van der Waals surface area contributed by atoms with Crippen LogP contribution >= 0.6 is 11.8 Å². The van der Waals surface area contributed by atoms with E-state index in [4.69, 9.17) is 11.5 Å². The van der Waals surface area contributed by atoms with E-state index in [0.29, 0.717) is 17.2 Å². The fourth-order valence-electron chi connectivity index (χ4n) is 4.12. The lowest BCUT2D eigenvalue weighted by molar-refractivity contribution is -0.160. The van der Waals surface area contributed by atoms with E-state index >= 15 is 0 Å². The molecule has 2 aliphatic rings. The number of aromatic nitrogens is 4. The molecule has 1 saturated heterocycles. The first kappa shape index (κ1) is 21.7. The molecule has 0 unspecified atom stereocenters. The Balaban J connectivity index is 1.68. The molecule has 1 amide bonds. The summed E-state index contributed by atoms with van der Waals surface area (Å²) in [4.78, 5) is 42.9. The molecule has 0 aromatic carbocycles. The minimum atomic E-state index is -1.14. The molecule has 1 aromatic rings. The van der Waals surface area contributed by atoms with Gasteiger partial charge in [0, 0.05) is 23.0 Å². The number of hydrogen-bond acceptors (Lipinski definition) is 8. The quantitative estimate of drug-likeness (QED) is 0.179.